The molecule has 7 nitrogen and oxygen atoms in total. The van der Waals surface area contributed by atoms with Gasteiger partial charge in [0.05, 0.1) is 17.6 Å². The predicted molar refractivity (Wildman–Crippen MR) is 116 cm³/mol. The van der Waals surface area contributed by atoms with Crippen LogP contribution in [0.3, 0.4) is 0 Å². The first-order chi connectivity index (χ1) is 14.9. The normalized spacial score (nSPS) is 16.5. The number of rotatable bonds is 7. The monoisotopic (exact) mass is 419 g/mol. The van der Waals surface area contributed by atoms with Crippen molar-refractivity contribution in [2.24, 2.45) is 5.92 Å². The van der Waals surface area contributed by atoms with Crippen LogP contribution in [0, 0.1) is 17.2 Å². The van der Waals surface area contributed by atoms with Crippen molar-refractivity contribution < 1.29 is 19.1 Å². The van der Waals surface area contributed by atoms with Crippen LogP contribution in [-0.2, 0) is 19.1 Å². The molecule has 0 bridgehead atoms. The predicted octanol–water partition coefficient (Wildman–Crippen LogP) is 3.61. The van der Waals surface area contributed by atoms with Gasteiger partial charge in [-0.3, -0.25) is 14.4 Å². The van der Waals surface area contributed by atoms with Crippen molar-refractivity contribution >= 4 is 29.2 Å². The number of hydrogen-bond donors (Lipinski definition) is 1. The van der Waals surface area contributed by atoms with Crippen molar-refractivity contribution in [1.82, 2.24) is 0 Å². The molecule has 3 rings (SSSR count). The summed E-state index contributed by atoms with van der Waals surface area (Å²) in [6, 6.07) is 16.2. The minimum Gasteiger partial charge on any atom is -0.455 e. The second kappa shape index (κ2) is 9.90. The molecule has 160 valence electrons. The van der Waals surface area contributed by atoms with Gasteiger partial charge in [-0.1, -0.05) is 38.1 Å². The Labute approximate surface area is 181 Å². The molecule has 7 heteroatoms. The quantitative estimate of drug-likeness (QED) is 0.691. The molecular formula is C24H25N3O4. The number of benzene rings is 2. The topological polar surface area (TPSA) is 99.5 Å². The summed E-state index contributed by atoms with van der Waals surface area (Å²) in [6.07, 6.45) is 0.996. The zero-order valence-corrected chi connectivity index (χ0v) is 17.6. The number of amides is 2. The maximum atomic E-state index is 12.6. The first-order valence-electron chi connectivity index (χ1n) is 10.3. The third-order valence-corrected chi connectivity index (χ3v) is 5.45. The molecule has 1 fully saturated rings. The minimum atomic E-state index is -0.618. The van der Waals surface area contributed by atoms with Crippen molar-refractivity contribution in [2.75, 3.05) is 23.4 Å². The van der Waals surface area contributed by atoms with E-state index in [1.165, 1.54) is 6.07 Å². The Morgan fingerprint density at radius 2 is 2.03 bits per heavy atom. The molecule has 1 aliphatic heterocycles. The largest absolute Gasteiger partial charge is 0.455 e. The fourth-order valence-electron chi connectivity index (χ4n) is 3.59. The Hall–Kier alpha value is -3.66. The van der Waals surface area contributed by atoms with Crippen molar-refractivity contribution in [3.63, 3.8) is 0 Å². The lowest BCUT2D eigenvalue weighted by molar-refractivity contribution is -0.151. The third kappa shape index (κ3) is 5.28. The molecule has 0 aliphatic carbocycles. The van der Waals surface area contributed by atoms with Gasteiger partial charge < -0.3 is 15.0 Å². The number of para-hydroxylation sites is 1. The highest BCUT2D eigenvalue weighted by Crippen LogP contribution is 2.33. The van der Waals surface area contributed by atoms with Crippen molar-refractivity contribution in [3.8, 4) is 6.07 Å². The number of anilines is 2. The summed E-state index contributed by atoms with van der Waals surface area (Å²) in [6.45, 7) is 3.98. The van der Waals surface area contributed by atoms with Crippen LogP contribution in [0.25, 0.3) is 0 Å². The van der Waals surface area contributed by atoms with Gasteiger partial charge in [0.2, 0.25) is 5.91 Å². The number of esters is 1. The van der Waals surface area contributed by atoms with Crippen LogP contribution in [0.1, 0.15) is 43.7 Å². The second-order valence-corrected chi connectivity index (χ2v) is 7.62. The van der Waals surface area contributed by atoms with Gasteiger partial charge in [-0.15, -0.1) is 0 Å². The SMILES string of the molecule is CC[C@@H](C)c1ccccc1N1C[C@H](C(=O)OCC(=O)Nc2cccc(C#N)c2)CC1=O. The highest BCUT2D eigenvalue weighted by Gasteiger charge is 2.37. The van der Waals surface area contributed by atoms with Gasteiger partial charge in [-0.25, -0.2) is 0 Å². The molecule has 0 aromatic heterocycles. The van der Waals surface area contributed by atoms with Crippen LogP contribution in [0.4, 0.5) is 11.4 Å². The average molecular weight is 419 g/mol. The van der Waals surface area contributed by atoms with Gasteiger partial charge in [0.25, 0.3) is 5.91 Å². The van der Waals surface area contributed by atoms with Gasteiger partial charge >= 0.3 is 5.97 Å². The number of nitriles is 1. The van der Waals surface area contributed by atoms with Crippen LogP contribution in [-0.4, -0.2) is 30.9 Å². The van der Waals surface area contributed by atoms with E-state index in [1.807, 2.05) is 30.3 Å². The van der Waals surface area contributed by atoms with E-state index in [0.717, 1.165) is 17.7 Å². The first kappa shape index (κ1) is 22.0. The van der Waals surface area contributed by atoms with E-state index in [9.17, 15) is 14.4 Å². The summed E-state index contributed by atoms with van der Waals surface area (Å²) in [5, 5.41) is 11.5. The Kier molecular flexibility index (Phi) is 7.03. The maximum absolute atomic E-state index is 12.6. The van der Waals surface area contributed by atoms with E-state index in [1.54, 1.807) is 23.1 Å². The lowest BCUT2D eigenvalue weighted by atomic mass is 9.96. The first-order valence-corrected chi connectivity index (χ1v) is 10.3. The summed E-state index contributed by atoms with van der Waals surface area (Å²) in [4.78, 5) is 38.8. The summed E-state index contributed by atoms with van der Waals surface area (Å²) < 4.78 is 5.15. The molecule has 0 radical (unpaired) electrons. The van der Waals surface area contributed by atoms with Crippen LogP contribution in [0.15, 0.2) is 48.5 Å². The molecule has 0 unspecified atom stereocenters. The number of ether oxygens (including phenoxy) is 1. The van der Waals surface area contributed by atoms with Crippen molar-refractivity contribution in [2.45, 2.75) is 32.6 Å². The summed E-state index contributed by atoms with van der Waals surface area (Å²) >= 11 is 0. The number of carbonyl (C=O) groups is 3. The molecular weight excluding hydrogens is 394 g/mol. The van der Waals surface area contributed by atoms with Gasteiger partial charge in [0.1, 0.15) is 0 Å². The van der Waals surface area contributed by atoms with Crippen LogP contribution >= 0.6 is 0 Å². The molecule has 1 saturated heterocycles. The number of nitrogens with one attached hydrogen (secondary N) is 1. The van der Waals surface area contributed by atoms with Crippen LogP contribution < -0.4 is 10.2 Å². The molecule has 2 atom stereocenters. The summed E-state index contributed by atoms with van der Waals surface area (Å²) in [5.74, 6) is -1.54. The van der Waals surface area contributed by atoms with E-state index in [4.69, 9.17) is 10.00 Å². The maximum Gasteiger partial charge on any atom is 0.311 e. The Balaban J connectivity index is 1.58. The Bertz CT molecular complexity index is 1030. The number of carbonyl (C=O) groups excluding carboxylic acids is 3. The zero-order chi connectivity index (χ0) is 22.4. The highest BCUT2D eigenvalue weighted by atomic mass is 16.5. The fraction of sp³-hybridized carbons (Fsp3) is 0.333. The fourth-order valence-corrected chi connectivity index (χ4v) is 3.59. The van der Waals surface area contributed by atoms with Gasteiger partial charge in [0, 0.05) is 24.3 Å². The smallest absolute Gasteiger partial charge is 0.311 e. The number of nitrogens with zero attached hydrogens (tertiary/aromatic N) is 2. The minimum absolute atomic E-state index is 0.0551. The van der Waals surface area contributed by atoms with E-state index in [-0.39, 0.29) is 18.9 Å². The lowest BCUT2D eigenvalue weighted by Crippen LogP contribution is -2.29. The molecule has 2 aromatic carbocycles. The van der Waals surface area contributed by atoms with Gasteiger partial charge in [-0.2, -0.15) is 5.26 Å². The molecule has 0 spiro atoms. The highest BCUT2D eigenvalue weighted by molar-refractivity contribution is 6.00. The molecule has 2 aromatic rings. The molecule has 2 amide bonds. The Morgan fingerprint density at radius 3 is 2.77 bits per heavy atom. The summed E-state index contributed by atoms with van der Waals surface area (Å²) in [5.41, 5.74) is 2.76. The van der Waals surface area contributed by atoms with Crippen LogP contribution in [0.2, 0.25) is 0 Å². The van der Waals surface area contributed by atoms with E-state index < -0.39 is 24.4 Å². The molecule has 1 N–H and O–H groups in total. The Morgan fingerprint density at radius 1 is 1.26 bits per heavy atom. The lowest BCUT2D eigenvalue weighted by Gasteiger charge is -2.23. The molecule has 0 saturated carbocycles. The molecule has 1 aliphatic rings. The van der Waals surface area contributed by atoms with Crippen LogP contribution in [0.5, 0.6) is 0 Å². The van der Waals surface area contributed by atoms with Crippen molar-refractivity contribution in [3.05, 3.63) is 59.7 Å². The summed E-state index contributed by atoms with van der Waals surface area (Å²) in [7, 11) is 0. The second-order valence-electron chi connectivity index (χ2n) is 7.62. The van der Waals surface area contributed by atoms with E-state index in [2.05, 4.69) is 19.2 Å². The number of hydrogen-bond acceptors (Lipinski definition) is 5. The third-order valence-electron chi connectivity index (χ3n) is 5.45. The standard InChI is InChI=1S/C24H25N3O4/c1-3-16(2)20-9-4-5-10-21(20)27-14-18(12-23(27)29)24(30)31-15-22(28)26-19-8-6-7-17(11-19)13-25/h4-11,16,18H,3,12,14-15H2,1-2H3,(H,26,28)/t16-,18-/m1/s1. The molecule has 1 heterocycles. The van der Waals surface area contributed by atoms with Gasteiger partial charge in [0.15, 0.2) is 6.61 Å². The van der Waals surface area contributed by atoms with E-state index in [0.29, 0.717) is 17.2 Å². The molecule has 31 heavy (non-hydrogen) atoms. The van der Waals surface area contributed by atoms with E-state index >= 15 is 0 Å². The average Bonchev–Trinajstić information content (AvgIpc) is 3.18. The zero-order valence-electron chi connectivity index (χ0n) is 17.6. The van der Waals surface area contributed by atoms with Gasteiger partial charge in [-0.05, 0) is 42.2 Å². The van der Waals surface area contributed by atoms with Crippen molar-refractivity contribution in [1.29, 1.82) is 5.26 Å².